The quantitative estimate of drug-likeness (QED) is 0.631. The predicted molar refractivity (Wildman–Crippen MR) is 63.2 cm³/mol. The highest BCUT2D eigenvalue weighted by molar-refractivity contribution is 7.98. The lowest BCUT2D eigenvalue weighted by molar-refractivity contribution is 0.945. The highest BCUT2D eigenvalue weighted by Gasteiger charge is 2.00. The van der Waals surface area contributed by atoms with Crippen LogP contribution in [0.25, 0.3) is 0 Å². The second kappa shape index (κ2) is 4.50. The zero-order valence-electron chi connectivity index (χ0n) is 7.77. The molecule has 0 saturated heterocycles. The van der Waals surface area contributed by atoms with Gasteiger partial charge >= 0.3 is 0 Å². The fraction of sp³-hybridized carbons (Fsp3) is 0.111. The van der Waals surface area contributed by atoms with Crippen molar-refractivity contribution in [1.29, 1.82) is 0 Å². The number of H-pyrrole nitrogens is 1. The van der Waals surface area contributed by atoms with E-state index in [9.17, 15) is 4.79 Å². The number of nitrogen functional groups attached to an aromatic ring is 1. The Morgan fingerprint density at radius 1 is 1.60 bits per heavy atom. The Labute approximate surface area is 94.6 Å². The van der Waals surface area contributed by atoms with Gasteiger partial charge in [0.25, 0.3) is 5.56 Å². The van der Waals surface area contributed by atoms with Crippen LogP contribution in [0.15, 0.2) is 32.8 Å². The smallest absolute Gasteiger partial charge is 0.253 e. The molecule has 2 heterocycles. The lowest BCUT2D eigenvalue weighted by atomic mass is 10.4. The van der Waals surface area contributed by atoms with E-state index in [1.165, 1.54) is 23.4 Å². The topological polar surface area (TPSA) is 71.8 Å². The Morgan fingerprint density at radius 2 is 2.47 bits per heavy atom. The van der Waals surface area contributed by atoms with Gasteiger partial charge < -0.3 is 10.7 Å². The molecule has 0 aliphatic heterocycles. The molecule has 78 valence electrons. The summed E-state index contributed by atoms with van der Waals surface area (Å²) in [4.78, 5) is 17.7. The average Bonchev–Trinajstić information content (AvgIpc) is 2.65. The number of nitrogens with two attached hydrogens (primary N) is 1. The highest BCUT2D eigenvalue weighted by atomic mass is 32.2. The summed E-state index contributed by atoms with van der Waals surface area (Å²) in [5.74, 6) is 1.04. The summed E-state index contributed by atoms with van der Waals surface area (Å²) < 4.78 is 0. The number of hydrogen-bond donors (Lipinski definition) is 2. The molecule has 0 atom stereocenters. The van der Waals surface area contributed by atoms with E-state index in [4.69, 9.17) is 5.73 Å². The maximum Gasteiger partial charge on any atom is 0.253 e. The van der Waals surface area contributed by atoms with Crippen LogP contribution in [0, 0.1) is 0 Å². The summed E-state index contributed by atoms with van der Waals surface area (Å²) in [6.45, 7) is 0. The Balaban J connectivity index is 2.08. The normalized spacial score (nSPS) is 10.4. The minimum absolute atomic E-state index is 0.213. The van der Waals surface area contributed by atoms with E-state index in [1.54, 1.807) is 11.3 Å². The summed E-state index contributed by atoms with van der Waals surface area (Å²) >= 11 is 3.12. The van der Waals surface area contributed by atoms with Gasteiger partial charge in [-0.1, -0.05) is 11.8 Å². The van der Waals surface area contributed by atoms with Crippen LogP contribution in [0.3, 0.4) is 0 Å². The Morgan fingerprint density at radius 3 is 3.13 bits per heavy atom. The maximum absolute atomic E-state index is 11.1. The van der Waals surface area contributed by atoms with E-state index in [1.807, 2.05) is 11.4 Å². The molecule has 2 rings (SSSR count). The van der Waals surface area contributed by atoms with Gasteiger partial charge in [-0.25, -0.2) is 4.98 Å². The largest absolute Gasteiger partial charge is 0.383 e. The van der Waals surface area contributed by atoms with Crippen molar-refractivity contribution in [3.8, 4) is 0 Å². The lowest BCUT2D eigenvalue weighted by Gasteiger charge is -1.99. The third kappa shape index (κ3) is 2.84. The summed E-state index contributed by atoms with van der Waals surface area (Å²) in [6, 6.07) is 3.32. The van der Waals surface area contributed by atoms with E-state index in [0.717, 1.165) is 5.75 Å². The third-order valence-corrected chi connectivity index (χ3v) is 3.37. The third-order valence-electron chi connectivity index (χ3n) is 1.70. The van der Waals surface area contributed by atoms with E-state index in [-0.39, 0.29) is 11.4 Å². The first kappa shape index (κ1) is 10.3. The van der Waals surface area contributed by atoms with E-state index in [2.05, 4.69) is 15.3 Å². The van der Waals surface area contributed by atoms with Crippen molar-refractivity contribution in [3.05, 3.63) is 38.8 Å². The number of anilines is 1. The van der Waals surface area contributed by atoms with Crippen molar-refractivity contribution >= 4 is 28.9 Å². The summed E-state index contributed by atoms with van der Waals surface area (Å²) in [7, 11) is 0. The number of rotatable bonds is 3. The standard InChI is InChI=1S/C9H9N3OS2/c10-7-3-8(13)12-9(11-7)15-5-6-1-2-14-4-6/h1-4H,5H2,(H3,10,11,12,13). The first-order valence-corrected chi connectivity index (χ1v) is 6.17. The fourth-order valence-corrected chi connectivity index (χ4v) is 2.65. The molecule has 0 bridgehead atoms. The van der Waals surface area contributed by atoms with Gasteiger partial charge in [0.1, 0.15) is 5.82 Å². The number of nitrogens with zero attached hydrogens (tertiary/aromatic N) is 1. The number of aromatic nitrogens is 2. The van der Waals surface area contributed by atoms with Crippen molar-refractivity contribution in [1.82, 2.24) is 9.97 Å². The number of thioether (sulfide) groups is 1. The van der Waals surface area contributed by atoms with Gasteiger partial charge in [-0.3, -0.25) is 4.79 Å². The molecule has 0 aromatic carbocycles. The number of hydrogen-bond acceptors (Lipinski definition) is 5. The maximum atomic E-state index is 11.1. The lowest BCUT2D eigenvalue weighted by Crippen LogP contribution is -2.09. The van der Waals surface area contributed by atoms with Crippen molar-refractivity contribution in [3.63, 3.8) is 0 Å². The zero-order chi connectivity index (χ0) is 10.7. The first-order valence-electron chi connectivity index (χ1n) is 4.25. The van der Waals surface area contributed by atoms with Crippen LogP contribution in [0.4, 0.5) is 5.82 Å². The van der Waals surface area contributed by atoms with Gasteiger partial charge in [-0.05, 0) is 22.4 Å². The minimum atomic E-state index is -0.213. The Kier molecular flexibility index (Phi) is 3.08. The SMILES string of the molecule is Nc1cc(=O)[nH]c(SCc2ccsc2)n1. The van der Waals surface area contributed by atoms with Crippen molar-refractivity contribution in [2.75, 3.05) is 5.73 Å². The Bertz CT molecular complexity index is 492. The van der Waals surface area contributed by atoms with Crippen LogP contribution in [-0.4, -0.2) is 9.97 Å². The second-order valence-corrected chi connectivity index (χ2v) is 4.64. The van der Waals surface area contributed by atoms with Gasteiger partial charge in [0.15, 0.2) is 5.16 Å². The molecule has 0 spiro atoms. The molecular weight excluding hydrogens is 230 g/mol. The molecule has 15 heavy (non-hydrogen) atoms. The molecule has 2 aromatic heterocycles. The van der Waals surface area contributed by atoms with Crippen LogP contribution in [0.5, 0.6) is 0 Å². The predicted octanol–water partition coefficient (Wildman–Crippen LogP) is 1.71. The fourth-order valence-electron chi connectivity index (χ4n) is 1.05. The average molecular weight is 239 g/mol. The van der Waals surface area contributed by atoms with Crippen LogP contribution >= 0.6 is 23.1 Å². The molecule has 0 aliphatic carbocycles. The van der Waals surface area contributed by atoms with Crippen LogP contribution in [-0.2, 0) is 5.75 Å². The Hall–Kier alpha value is -1.27. The molecule has 0 amide bonds. The minimum Gasteiger partial charge on any atom is -0.383 e. The molecule has 0 unspecified atom stereocenters. The highest BCUT2D eigenvalue weighted by Crippen LogP contribution is 2.19. The van der Waals surface area contributed by atoms with Gasteiger partial charge in [0, 0.05) is 11.8 Å². The van der Waals surface area contributed by atoms with Crippen molar-refractivity contribution < 1.29 is 0 Å². The molecule has 0 aliphatic rings. The molecular formula is C9H9N3OS2. The molecule has 6 heteroatoms. The van der Waals surface area contributed by atoms with Gasteiger partial charge in [0.05, 0.1) is 0 Å². The molecule has 0 saturated carbocycles. The van der Waals surface area contributed by atoms with Crippen LogP contribution in [0.1, 0.15) is 5.56 Å². The molecule has 3 N–H and O–H groups in total. The van der Waals surface area contributed by atoms with E-state index < -0.39 is 0 Å². The monoisotopic (exact) mass is 239 g/mol. The molecule has 0 radical (unpaired) electrons. The second-order valence-electron chi connectivity index (χ2n) is 2.90. The number of thiophene rings is 1. The van der Waals surface area contributed by atoms with Gasteiger partial charge in [-0.2, -0.15) is 11.3 Å². The number of aromatic amines is 1. The molecule has 4 nitrogen and oxygen atoms in total. The van der Waals surface area contributed by atoms with Gasteiger partial charge in [-0.15, -0.1) is 0 Å². The molecule has 2 aromatic rings. The first-order chi connectivity index (χ1) is 7.24. The van der Waals surface area contributed by atoms with Crippen LogP contribution in [0.2, 0.25) is 0 Å². The summed E-state index contributed by atoms with van der Waals surface area (Å²) in [5.41, 5.74) is 6.47. The number of nitrogens with one attached hydrogen (secondary N) is 1. The van der Waals surface area contributed by atoms with Crippen molar-refractivity contribution in [2.45, 2.75) is 10.9 Å². The van der Waals surface area contributed by atoms with Crippen LogP contribution < -0.4 is 11.3 Å². The summed E-state index contributed by atoms with van der Waals surface area (Å²) in [6.07, 6.45) is 0. The summed E-state index contributed by atoms with van der Waals surface area (Å²) in [5, 5.41) is 4.65. The molecule has 0 fully saturated rings. The van der Waals surface area contributed by atoms with E-state index >= 15 is 0 Å². The van der Waals surface area contributed by atoms with Gasteiger partial charge in [0.2, 0.25) is 0 Å². The zero-order valence-corrected chi connectivity index (χ0v) is 9.40. The van der Waals surface area contributed by atoms with E-state index in [0.29, 0.717) is 5.16 Å². The van der Waals surface area contributed by atoms with Crippen molar-refractivity contribution in [2.24, 2.45) is 0 Å².